The number of carbonyl (C=O) groups is 1. The van der Waals surface area contributed by atoms with Crippen molar-refractivity contribution in [2.24, 2.45) is 15.9 Å². The normalized spacial score (nSPS) is 17.6. The van der Waals surface area contributed by atoms with Crippen molar-refractivity contribution in [1.82, 2.24) is 24.8 Å². The van der Waals surface area contributed by atoms with E-state index in [1.807, 2.05) is 54.1 Å². The minimum atomic E-state index is -0.326. The van der Waals surface area contributed by atoms with Crippen molar-refractivity contribution >= 4 is 45.9 Å². The monoisotopic (exact) mass is 652 g/mol. The van der Waals surface area contributed by atoms with Crippen LogP contribution in [0.2, 0.25) is 0 Å². The Labute approximate surface area is 286 Å². The number of imidazole rings is 1. The fourth-order valence-corrected chi connectivity index (χ4v) is 6.06. The first-order valence-electron chi connectivity index (χ1n) is 16.6. The summed E-state index contributed by atoms with van der Waals surface area (Å²) in [5.74, 6) is 0.378. The van der Waals surface area contributed by atoms with E-state index in [0.717, 1.165) is 42.1 Å². The van der Waals surface area contributed by atoms with Crippen molar-refractivity contribution in [3.8, 4) is 11.8 Å². The molecule has 2 aromatic carbocycles. The highest BCUT2D eigenvalue weighted by Gasteiger charge is 2.26. The second-order valence-electron chi connectivity index (χ2n) is 12.1. The maximum atomic E-state index is 12.1. The van der Waals surface area contributed by atoms with Gasteiger partial charge in [0, 0.05) is 43.2 Å². The third-order valence-corrected chi connectivity index (χ3v) is 8.56. The number of anilines is 2. The van der Waals surface area contributed by atoms with Gasteiger partial charge in [-0.05, 0) is 62.6 Å². The zero-order valence-electron chi connectivity index (χ0n) is 27.7. The molecule has 0 radical (unpaired) electrons. The first-order chi connectivity index (χ1) is 24.0. The number of fused-ring (bicyclic) bond motifs is 1. The van der Waals surface area contributed by atoms with Gasteiger partial charge in [0.1, 0.15) is 6.33 Å². The van der Waals surface area contributed by atoms with Crippen LogP contribution in [0.1, 0.15) is 37.7 Å². The lowest BCUT2D eigenvalue weighted by Crippen LogP contribution is -2.27. The molecule has 0 aliphatic heterocycles. The maximum absolute atomic E-state index is 12.1. The molecule has 1 atom stereocenters. The number of nitriles is 1. The lowest BCUT2D eigenvalue weighted by Gasteiger charge is -2.26. The molecule has 248 valence electrons. The molecular formula is C38H40N10O. The first-order valence-corrected chi connectivity index (χ1v) is 16.6. The molecule has 2 aromatic heterocycles. The van der Waals surface area contributed by atoms with Crippen LogP contribution in [0.5, 0.6) is 0 Å². The van der Waals surface area contributed by atoms with E-state index in [0.29, 0.717) is 67.5 Å². The Morgan fingerprint density at radius 3 is 2.80 bits per heavy atom. The molecule has 0 spiro atoms. The molecule has 0 saturated heterocycles. The van der Waals surface area contributed by atoms with Gasteiger partial charge in [-0.1, -0.05) is 66.8 Å². The Hall–Kier alpha value is -5.73. The largest absolute Gasteiger partial charge is 0.346 e. The number of rotatable bonds is 12. The highest BCUT2D eigenvalue weighted by atomic mass is 16.1. The topological polar surface area (TPSA) is 136 Å². The number of carbonyl (C=O) groups excluding carboxylic acids is 1. The van der Waals surface area contributed by atoms with Crippen LogP contribution in [-0.4, -0.2) is 63.5 Å². The second kappa shape index (κ2) is 15.9. The quantitative estimate of drug-likeness (QED) is 0.136. The number of likely N-dealkylation sites (N-methyl/N-ethyl adjacent to an activating group) is 1. The third-order valence-electron chi connectivity index (χ3n) is 8.56. The summed E-state index contributed by atoms with van der Waals surface area (Å²) in [6, 6.07) is 20.3. The molecule has 0 bridgehead atoms. The van der Waals surface area contributed by atoms with Crippen LogP contribution in [0.4, 0.5) is 17.5 Å². The maximum Gasteiger partial charge on any atom is 0.253 e. The van der Waals surface area contributed by atoms with Gasteiger partial charge in [0.2, 0.25) is 5.91 Å². The van der Waals surface area contributed by atoms with Crippen molar-refractivity contribution < 1.29 is 4.79 Å². The van der Waals surface area contributed by atoms with Crippen LogP contribution in [0.25, 0.3) is 16.9 Å². The van der Waals surface area contributed by atoms with E-state index in [4.69, 9.17) is 24.9 Å². The number of nitrogens with one attached hydrogen (secondary N) is 2. The molecule has 11 nitrogen and oxygen atoms in total. The van der Waals surface area contributed by atoms with Gasteiger partial charge >= 0.3 is 0 Å². The first kappa shape index (κ1) is 33.2. The average molecular weight is 653 g/mol. The van der Waals surface area contributed by atoms with Gasteiger partial charge in [-0.2, -0.15) is 15.2 Å². The predicted octanol–water partition coefficient (Wildman–Crippen LogP) is 6.28. The molecule has 1 unspecified atom stereocenters. The average Bonchev–Trinajstić information content (AvgIpc) is 3.56. The Balaban J connectivity index is 1.45. The SMILES string of the molecule is C=CC(=O)Nc1cccc(-n2cnc3c(N(CC4=CC=CCC4)Cc4ccccc4)nc(N=C4CCC(=NCCNC)C(C#N)C4)nc32)c1. The number of aliphatic imine (C=N–C) groups is 2. The van der Waals surface area contributed by atoms with E-state index in [9.17, 15) is 10.1 Å². The van der Waals surface area contributed by atoms with E-state index in [-0.39, 0.29) is 11.8 Å². The zero-order valence-corrected chi connectivity index (χ0v) is 27.7. The van der Waals surface area contributed by atoms with Crippen LogP contribution in [0.15, 0.2) is 107 Å². The van der Waals surface area contributed by atoms with Gasteiger partial charge in [0.25, 0.3) is 5.95 Å². The molecule has 49 heavy (non-hydrogen) atoms. The fourth-order valence-electron chi connectivity index (χ4n) is 6.06. The molecule has 4 aromatic rings. The molecule has 1 fully saturated rings. The van der Waals surface area contributed by atoms with Crippen molar-refractivity contribution in [2.45, 2.75) is 38.6 Å². The Kier molecular flexibility index (Phi) is 10.8. The summed E-state index contributed by atoms with van der Waals surface area (Å²) in [6.45, 7) is 6.25. The minimum absolute atomic E-state index is 0.294. The molecule has 6 rings (SSSR count). The van der Waals surface area contributed by atoms with Gasteiger partial charge in [-0.25, -0.2) is 9.98 Å². The number of amides is 1. The van der Waals surface area contributed by atoms with Gasteiger partial charge in [-0.3, -0.25) is 14.4 Å². The van der Waals surface area contributed by atoms with Crippen molar-refractivity contribution in [3.63, 3.8) is 0 Å². The lowest BCUT2D eigenvalue weighted by atomic mass is 9.86. The summed E-state index contributed by atoms with van der Waals surface area (Å²) in [5.41, 5.74) is 6.88. The fraction of sp³-hybridized carbons (Fsp3) is 0.289. The highest BCUT2D eigenvalue weighted by Crippen LogP contribution is 2.31. The summed E-state index contributed by atoms with van der Waals surface area (Å²) in [6.07, 6.45) is 13.3. The number of hydrogen-bond donors (Lipinski definition) is 2. The number of benzene rings is 2. The summed E-state index contributed by atoms with van der Waals surface area (Å²) >= 11 is 0. The number of aromatic nitrogens is 4. The predicted molar refractivity (Wildman–Crippen MR) is 196 cm³/mol. The Morgan fingerprint density at radius 2 is 2.02 bits per heavy atom. The van der Waals surface area contributed by atoms with Crippen LogP contribution >= 0.6 is 0 Å². The number of nitrogens with zero attached hydrogens (tertiary/aromatic N) is 8. The second-order valence-corrected chi connectivity index (χ2v) is 12.1. The molecule has 1 saturated carbocycles. The molecular weight excluding hydrogens is 612 g/mol. The summed E-state index contributed by atoms with van der Waals surface area (Å²) in [5, 5.41) is 15.9. The van der Waals surface area contributed by atoms with Crippen molar-refractivity contribution in [1.29, 1.82) is 5.26 Å². The minimum Gasteiger partial charge on any atom is -0.346 e. The van der Waals surface area contributed by atoms with Crippen LogP contribution in [0.3, 0.4) is 0 Å². The van der Waals surface area contributed by atoms with Gasteiger partial charge in [0.15, 0.2) is 17.0 Å². The lowest BCUT2D eigenvalue weighted by molar-refractivity contribution is -0.111. The molecule has 2 N–H and O–H groups in total. The van der Waals surface area contributed by atoms with Gasteiger partial charge in [0.05, 0.1) is 24.2 Å². The zero-order chi connectivity index (χ0) is 34.0. The standard InChI is InChI=1S/C38H40N10O/c1-3-34(49)43-30-15-10-16-32(22-30)48-26-42-35-36(47(24-27-11-6-4-7-12-27)25-28-13-8-5-9-14-28)45-38(46-37(35)48)44-31-17-18-33(29(21-31)23-39)41-20-19-40-2/h3-8,10-13,15-16,22,26,29,40H,1,9,14,17-21,24-25H2,2H3,(H,43,49). The van der Waals surface area contributed by atoms with Crippen LogP contribution < -0.4 is 15.5 Å². The molecule has 1 amide bonds. The van der Waals surface area contributed by atoms with Crippen molar-refractivity contribution in [2.75, 3.05) is 36.9 Å². The van der Waals surface area contributed by atoms with E-state index in [1.54, 1.807) is 6.33 Å². The Bertz CT molecular complexity index is 1980. The number of allylic oxidation sites excluding steroid dienone is 3. The molecule has 2 heterocycles. The highest BCUT2D eigenvalue weighted by molar-refractivity contribution is 6.02. The Morgan fingerprint density at radius 1 is 1.14 bits per heavy atom. The molecule has 2 aliphatic carbocycles. The van der Waals surface area contributed by atoms with E-state index in [2.05, 4.69) is 58.5 Å². The van der Waals surface area contributed by atoms with Gasteiger partial charge in [-0.15, -0.1) is 0 Å². The van der Waals surface area contributed by atoms with E-state index >= 15 is 0 Å². The summed E-state index contributed by atoms with van der Waals surface area (Å²) in [4.78, 5) is 38.9. The van der Waals surface area contributed by atoms with Crippen LogP contribution in [-0.2, 0) is 11.3 Å². The molecule has 11 heteroatoms. The van der Waals surface area contributed by atoms with Gasteiger partial charge < -0.3 is 15.5 Å². The number of hydrogen-bond acceptors (Lipinski definition) is 9. The van der Waals surface area contributed by atoms with E-state index < -0.39 is 0 Å². The summed E-state index contributed by atoms with van der Waals surface area (Å²) in [7, 11) is 1.90. The summed E-state index contributed by atoms with van der Waals surface area (Å²) < 4.78 is 1.89. The molecule has 2 aliphatic rings. The smallest absolute Gasteiger partial charge is 0.253 e. The third kappa shape index (κ3) is 8.23. The van der Waals surface area contributed by atoms with Crippen molar-refractivity contribution in [3.05, 3.63) is 103 Å². The van der Waals surface area contributed by atoms with E-state index in [1.165, 1.54) is 11.6 Å². The van der Waals surface area contributed by atoms with Crippen LogP contribution in [0, 0.1) is 17.2 Å².